The molecule has 0 amide bonds. The predicted octanol–water partition coefficient (Wildman–Crippen LogP) is 3.23. The van der Waals surface area contributed by atoms with Crippen molar-refractivity contribution >= 4 is 26.5 Å². The average Bonchev–Trinajstić information content (AvgIpc) is 3.48. The molecular formula is C20H21N7O2S2. The van der Waals surface area contributed by atoms with Crippen LogP contribution in [0.1, 0.15) is 24.4 Å². The highest BCUT2D eigenvalue weighted by Crippen LogP contribution is 2.31. The molecule has 0 fully saturated rings. The molecule has 0 aliphatic carbocycles. The van der Waals surface area contributed by atoms with Crippen molar-refractivity contribution in [2.75, 3.05) is 11.1 Å². The van der Waals surface area contributed by atoms with Gasteiger partial charge in [-0.25, -0.2) is 8.42 Å². The second-order valence-corrected chi connectivity index (χ2v) is 9.85. The van der Waals surface area contributed by atoms with E-state index in [4.69, 9.17) is 0 Å². The Kier molecular flexibility index (Phi) is 6.05. The fourth-order valence-corrected chi connectivity index (χ4v) is 4.49. The van der Waals surface area contributed by atoms with Gasteiger partial charge in [0.15, 0.2) is 5.82 Å². The molecule has 4 rings (SSSR count). The smallest absolute Gasteiger partial charge is 0.256 e. The van der Waals surface area contributed by atoms with E-state index in [-0.39, 0.29) is 11.6 Å². The van der Waals surface area contributed by atoms with Crippen molar-refractivity contribution in [3.63, 3.8) is 0 Å². The minimum atomic E-state index is -3.61. The monoisotopic (exact) mass is 455 g/mol. The zero-order chi connectivity index (χ0) is 21.8. The summed E-state index contributed by atoms with van der Waals surface area (Å²) in [6.45, 7) is 4.24. The van der Waals surface area contributed by atoms with Crippen molar-refractivity contribution in [3.05, 3.63) is 59.1 Å². The van der Waals surface area contributed by atoms with Crippen molar-refractivity contribution < 1.29 is 8.42 Å². The number of rotatable bonds is 8. The molecule has 0 aliphatic rings. The average molecular weight is 456 g/mol. The van der Waals surface area contributed by atoms with Crippen LogP contribution in [0.3, 0.4) is 0 Å². The zero-order valence-electron chi connectivity index (χ0n) is 17.1. The van der Waals surface area contributed by atoms with Gasteiger partial charge in [0.25, 0.3) is 10.0 Å². The van der Waals surface area contributed by atoms with Gasteiger partial charge in [-0.2, -0.15) is 0 Å². The summed E-state index contributed by atoms with van der Waals surface area (Å²) < 4.78 is 25.6. The van der Waals surface area contributed by atoms with Gasteiger partial charge in [0.05, 0.1) is 5.75 Å². The molecule has 0 spiro atoms. The number of nitrogens with zero attached hydrogens (tertiary/aromatic N) is 6. The van der Waals surface area contributed by atoms with Gasteiger partial charge in [-0.1, -0.05) is 66.8 Å². The Bertz CT molecular complexity index is 1280. The fraction of sp³-hybridized carbons (Fsp3) is 0.250. The maximum atomic E-state index is 12.4. The molecule has 31 heavy (non-hydrogen) atoms. The topological polar surface area (TPSA) is 116 Å². The summed E-state index contributed by atoms with van der Waals surface area (Å²) in [6.07, 6.45) is 0.871. The van der Waals surface area contributed by atoms with Crippen molar-refractivity contribution in [1.29, 1.82) is 0 Å². The van der Waals surface area contributed by atoms with Gasteiger partial charge < -0.3 is 5.32 Å². The first kappa shape index (κ1) is 21.1. The molecule has 0 radical (unpaired) electrons. The number of tetrazole rings is 1. The van der Waals surface area contributed by atoms with Crippen LogP contribution < -0.4 is 5.32 Å². The second-order valence-electron chi connectivity index (χ2n) is 6.70. The Hall–Kier alpha value is -3.18. The van der Waals surface area contributed by atoms with Crippen molar-refractivity contribution in [1.82, 2.24) is 29.8 Å². The Morgan fingerprint density at radius 3 is 2.39 bits per heavy atom. The van der Waals surface area contributed by atoms with Gasteiger partial charge in [-0.05, 0) is 40.5 Å². The summed E-state index contributed by atoms with van der Waals surface area (Å²) in [5, 5.41) is 24.6. The maximum Gasteiger partial charge on any atom is 0.256 e. The van der Waals surface area contributed by atoms with Crippen LogP contribution >= 0.6 is 11.3 Å². The lowest BCUT2D eigenvalue weighted by Crippen LogP contribution is -2.17. The van der Waals surface area contributed by atoms with E-state index in [2.05, 4.69) is 38.0 Å². The SMILES string of the molecule is CCc1nnc(NCc2ccc(-c3ccccc3-c3nnnn3S(=O)(=O)CC)cc2)s1. The van der Waals surface area contributed by atoms with E-state index >= 15 is 0 Å². The molecule has 0 saturated carbocycles. The van der Waals surface area contributed by atoms with Gasteiger partial charge >= 0.3 is 0 Å². The molecule has 0 atom stereocenters. The summed E-state index contributed by atoms with van der Waals surface area (Å²) in [4.78, 5) is 0. The van der Waals surface area contributed by atoms with Gasteiger partial charge in [0, 0.05) is 12.1 Å². The lowest BCUT2D eigenvalue weighted by molar-refractivity contribution is 0.579. The van der Waals surface area contributed by atoms with Crippen LogP contribution in [0.5, 0.6) is 0 Å². The van der Waals surface area contributed by atoms with E-state index in [9.17, 15) is 8.42 Å². The van der Waals surface area contributed by atoms with Crippen LogP contribution in [-0.2, 0) is 23.0 Å². The van der Waals surface area contributed by atoms with Crippen LogP contribution in [0, 0.1) is 0 Å². The molecule has 2 aromatic heterocycles. The normalized spacial score (nSPS) is 11.5. The first-order chi connectivity index (χ1) is 15.0. The molecule has 0 saturated heterocycles. The lowest BCUT2D eigenvalue weighted by atomic mass is 9.98. The summed E-state index contributed by atoms with van der Waals surface area (Å²) in [6, 6.07) is 15.5. The minimum Gasteiger partial charge on any atom is -0.356 e. The number of aryl methyl sites for hydroxylation is 1. The molecule has 2 aromatic carbocycles. The van der Waals surface area contributed by atoms with Crippen molar-refractivity contribution in [2.24, 2.45) is 0 Å². The molecule has 0 aliphatic heterocycles. The fourth-order valence-electron chi connectivity index (χ4n) is 3.02. The highest BCUT2D eigenvalue weighted by molar-refractivity contribution is 7.89. The Labute approximate surface area is 184 Å². The Balaban J connectivity index is 1.60. The third kappa shape index (κ3) is 4.47. The van der Waals surface area contributed by atoms with Gasteiger partial charge in [0.2, 0.25) is 5.13 Å². The number of aromatic nitrogens is 6. The molecule has 1 N–H and O–H groups in total. The van der Waals surface area contributed by atoms with E-state index in [1.54, 1.807) is 18.3 Å². The summed E-state index contributed by atoms with van der Waals surface area (Å²) in [7, 11) is -3.61. The molecule has 11 heteroatoms. The summed E-state index contributed by atoms with van der Waals surface area (Å²) in [5.74, 6) is 0.106. The molecule has 2 heterocycles. The van der Waals surface area contributed by atoms with Crippen LogP contribution in [0.15, 0.2) is 48.5 Å². The van der Waals surface area contributed by atoms with E-state index in [0.29, 0.717) is 12.1 Å². The molecular weight excluding hydrogens is 434 g/mol. The summed E-state index contributed by atoms with van der Waals surface area (Å²) in [5.41, 5.74) is 3.53. The largest absolute Gasteiger partial charge is 0.356 e. The molecule has 0 unspecified atom stereocenters. The van der Waals surface area contributed by atoms with E-state index in [1.165, 1.54) is 0 Å². The number of hydrogen-bond donors (Lipinski definition) is 1. The first-order valence-corrected chi connectivity index (χ1v) is 12.2. The van der Waals surface area contributed by atoms with Gasteiger partial charge in [-0.3, -0.25) is 0 Å². The second kappa shape index (κ2) is 8.90. The van der Waals surface area contributed by atoms with E-state index < -0.39 is 10.0 Å². The van der Waals surface area contributed by atoms with Crippen molar-refractivity contribution in [3.8, 4) is 22.5 Å². The molecule has 9 nitrogen and oxygen atoms in total. The Morgan fingerprint density at radius 2 is 1.71 bits per heavy atom. The molecule has 160 valence electrons. The number of hydrogen-bond acceptors (Lipinski definition) is 9. The van der Waals surface area contributed by atoms with Gasteiger partial charge in [0.1, 0.15) is 5.01 Å². The first-order valence-electron chi connectivity index (χ1n) is 9.78. The molecule has 0 bridgehead atoms. The van der Waals surface area contributed by atoms with E-state index in [0.717, 1.165) is 37.3 Å². The third-order valence-electron chi connectivity index (χ3n) is 4.72. The summed E-state index contributed by atoms with van der Waals surface area (Å²) >= 11 is 1.55. The highest BCUT2D eigenvalue weighted by Gasteiger charge is 2.21. The lowest BCUT2D eigenvalue weighted by Gasteiger charge is -2.11. The number of nitrogens with one attached hydrogen (secondary N) is 1. The quantitative estimate of drug-likeness (QED) is 0.430. The van der Waals surface area contributed by atoms with E-state index in [1.807, 2.05) is 48.5 Å². The Morgan fingerprint density at radius 1 is 0.968 bits per heavy atom. The predicted molar refractivity (Wildman–Crippen MR) is 120 cm³/mol. The maximum absolute atomic E-state index is 12.4. The highest BCUT2D eigenvalue weighted by atomic mass is 32.2. The van der Waals surface area contributed by atoms with Crippen LogP contribution in [-0.4, -0.2) is 44.0 Å². The minimum absolute atomic E-state index is 0.0940. The van der Waals surface area contributed by atoms with Gasteiger partial charge in [-0.15, -0.1) is 19.4 Å². The standard InChI is InChI=1S/C20H21N7O2S2/c1-3-18-22-24-20(30-18)21-13-14-9-11-15(12-10-14)16-7-5-6-8-17(16)19-23-25-26-27(19)31(28,29)4-2/h5-12H,3-4,13H2,1-2H3,(H,21,24). The van der Waals surface area contributed by atoms with Crippen LogP contribution in [0.4, 0.5) is 5.13 Å². The van der Waals surface area contributed by atoms with Crippen LogP contribution in [0.25, 0.3) is 22.5 Å². The number of benzene rings is 2. The molecule has 4 aromatic rings. The zero-order valence-corrected chi connectivity index (χ0v) is 18.7. The third-order valence-corrected chi connectivity index (χ3v) is 7.24. The van der Waals surface area contributed by atoms with Crippen molar-refractivity contribution in [2.45, 2.75) is 26.8 Å². The number of anilines is 1. The van der Waals surface area contributed by atoms with Crippen LogP contribution in [0.2, 0.25) is 0 Å².